The highest BCUT2D eigenvalue weighted by molar-refractivity contribution is 5.86. The van der Waals surface area contributed by atoms with Crippen molar-refractivity contribution in [1.82, 2.24) is 0 Å². The van der Waals surface area contributed by atoms with Crippen LogP contribution in [0.4, 0.5) is 0 Å². The third kappa shape index (κ3) is 1.78. The molecule has 0 fully saturated rings. The van der Waals surface area contributed by atoms with Crippen molar-refractivity contribution in [3.63, 3.8) is 0 Å². The molecule has 0 atom stereocenters. The van der Waals surface area contributed by atoms with Gasteiger partial charge in [0.1, 0.15) is 23.2 Å². The highest BCUT2D eigenvalue weighted by Gasteiger charge is 2.20. The smallest absolute Gasteiger partial charge is 0.150 e. The van der Waals surface area contributed by atoms with Crippen LogP contribution in [0.1, 0.15) is 30.0 Å². The summed E-state index contributed by atoms with van der Waals surface area (Å²) in [4.78, 5) is 10.6. The van der Waals surface area contributed by atoms with Crippen molar-refractivity contribution in [2.24, 2.45) is 0 Å². The van der Waals surface area contributed by atoms with E-state index < -0.39 is 5.60 Å². The number of hydrogen-bond acceptors (Lipinski definition) is 3. The minimum atomic E-state index is -1.000. The van der Waals surface area contributed by atoms with Gasteiger partial charge < -0.3 is 9.52 Å². The standard InChI is InChI=1S/C12H12O3/c1-12(2,14)11-6-9-5-8(7-13)3-4-10(9)15-11/h3-7,14H,1-2H3. The van der Waals surface area contributed by atoms with Crippen molar-refractivity contribution in [3.05, 3.63) is 35.6 Å². The second-order valence-corrected chi connectivity index (χ2v) is 4.08. The van der Waals surface area contributed by atoms with E-state index in [2.05, 4.69) is 0 Å². The van der Waals surface area contributed by atoms with Crippen LogP contribution in [-0.2, 0) is 5.60 Å². The molecule has 0 bridgehead atoms. The SMILES string of the molecule is CC(C)(O)c1cc2cc(C=O)ccc2o1. The molecule has 0 spiro atoms. The Balaban J connectivity index is 2.61. The molecule has 3 nitrogen and oxygen atoms in total. The Morgan fingerprint density at radius 2 is 2.07 bits per heavy atom. The maximum absolute atomic E-state index is 10.6. The monoisotopic (exact) mass is 204 g/mol. The Morgan fingerprint density at radius 1 is 1.33 bits per heavy atom. The molecular formula is C12H12O3. The Hall–Kier alpha value is -1.61. The van der Waals surface area contributed by atoms with Gasteiger partial charge in [-0.15, -0.1) is 0 Å². The molecule has 0 saturated heterocycles. The highest BCUT2D eigenvalue weighted by Crippen LogP contribution is 2.27. The lowest BCUT2D eigenvalue weighted by Crippen LogP contribution is -2.13. The number of aldehydes is 1. The van der Waals surface area contributed by atoms with Gasteiger partial charge in [0.25, 0.3) is 0 Å². The number of hydrogen-bond donors (Lipinski definition) is 1. The molecule has 0 aliphatic carbocycles. The first-order valence-electron chi connectivity index (χ1n) is 4.72. The van der Waals surface area contributed by atoms with Gasteiger partial charge in [-0.25, -0.2) is 0 Å². The third-order valence-corrected chi connectivity index (χ3v) is 2.28. The van der Waals surface area contributed by atoms with E-state index in [1.165, 1.54) is 0 Å². The maximum atomic E-state index is 10.6. The second kappa shape index (κ2) is 3.21. The van der Waals surface area contributed by atoms with Crippen molar-refractivity contribution in [1.29, 1.82) is 0 Å². The fraction of sp³-hybridized carbons (Fsp3) is 0.250. The summed E-state index contributed by atoms with van der Waals surface area (Å²) in [7, 11) is 0. The lowest BCUT2D eigenvalue weighted by Gasteiger charge is -2.12. The number of rotatable bonds is 2. The van der Waals surface area contributed by atoms with Crippen LogP contribution in [0.15, 0.2) is 28.7 Å². The lowest BCUT2D eigenvalue weighted by atomic mass is 10.1. The molecule has 2 rings (SSSR count). The molecule has 1 aromatic carbocycles. The van der Waals surface area contributed by atoms with Crippen molar-refractivity contribution < 1.29 is 14.3 Å². The summed E-state index contributed by atoms with van der Waals surface area (Å²) in [6, 6.07) is 6.91. The molecule has 15 heavy (non-hydrogen) atoms. The van der Waals surface area contributed by atoms with Crippen molar-refractivity contribution in [2.45, 2.75) is 19.4 Å². The number of aliphatic hydroxyl groups is 1. The van der Waals surface area contributed by atoms with E-state index in [4.69, 9.17) is 4.42 Å². The minimum Gasteiger partial charge on any atom is -0.458 e. The maximum Gasteiger partial charge on any atom is 0.150 e. The number of fused-ring (bicyclic) bond motifs is 1. The second-order valence-electron chi connectivity index (χ2n) is 4.08. The fourth-order valence-electron chi connectivity index (χ4n) is 1.44. The molecule has 3 heteroatoms. The van der Waals surface area contributed by atoms with E-state index in [-0.39, 0.29) is 0 Å². The van der Waals surface area contributed by atoms with Gasteiger partial charge in [-0.1, -0.05) is 0 Å². The quantitative estimate of drug-likeness (QED) is 0.764. The molecule has 1 N–H and O–H groups in total. The fourth-order valence-corrected chi connectivity index (χ4v) is 1.44. The molecule has 1 heterocycles. The number of carbonyl (C=O) groups excluding carboxylic acids is 1. The zero-order valence-corrected chi connectivity index (χ0v) is 8.65. The summed E-state index contributed by atoms with van der Waals surface area (Å²) >= 11 is 0. The zero-order valence-electron chi connectivity index (χ0n) is 8.65. The molecule has 0 unspecified atom stereocenters. The van der Waals surface area contributed by atoms with E-state index >= 15 is 0 Å². The van der Waals surface area contributed by atoms with Gasteiger partial charge in [0.15, 0.2) is 0 Å². The summed E-state index contributed by atoms with van der Waals surface area (Å²) in [6.07, 6.45) is 0.788. The van der Waals surface area contributed by atoms with Gasteiger partial charge in [0.05, 0.1) is 0 Å². The van der Waals surface area contributed by atoms with E-state index in [1.54, 1.807) is 38.1 Å². The largest absolute Gasteiger partial charge is 0.458 e. The Labute approximate surface area is 87.3 Å². The molecule has 0 amide bonds. The lowest BCUT2D eigenvalue weighted by molar-refractivity contribution is 0.0559. The van der Waals surface area contributed by atoms with Crippen LogP contribution >= 0.6 is 0 Å². The number of benzene rings is 1. The van der Waals surface area contributed by atoms with Gasteiger partial charge in [0.2, 0.25) is 0 Å². The Bertz CT molecular complexity index is 503. The van der Waals surface area contributed by atoms with Crippen LogP contribution in [0.25, 0.3) is 11.0 Å². The molecule has 78 valence electrons. The van der Waals surface area contributed by atoms with Gasteiger partial charge in [0, 0.05) is 10.9 Å². The van der Waals surface area contributed by atoms with E-state index in [0.717, 1.165) is 11.7 Å². The first-order valence-corrected chi connectivity index (χ1v) is 4.72. The van der Waals surface area contributed by atoms with Crippen LogP contribution < -0.4 is 0 Å². The summed E-state index contributed by atoms with van der Waals surface area (Å²) in [5.74, 6) is 0.501. The summed E-state index contributed by atoms with van der Waals surface area (Å²) in [6.45, 7) is 3.32. The van der Waals surface area contributed by atoms with Crippen LogP contribution in [0.3, 0.4) is 0 Å². The number of furan rings is 1. The zero-order chi connectivity index (χ0) is 11.1. The summed E-state index contributed by atoms with van der Waals surface area (Å²) < 4.78 is 5.47. The normalized spacial score (nSPS) is 11.9. The van der Waals surface area contributed by atoms with Crippen LogP contribution in [-0.4, -0.2) is 11.4 Å². The van der Waals surface area contributed by atoms with E-state index in [9.17, 15) is 9.90 Å². The average molecular weight is 204 g/mol. The molecule has 0 saturated carbocycles. The van der Waals surface area contributed by atoms with Crippen LogP contribution in [0.2, 0.25) is 0 Å². The van der Waals surface area contributed by atoms with Gasteiger partial charge in [-0.3, -0.25) is 4.79 Å². The predicted molar refractivity (Wildman–Crippen MR) is 56.8 cm³/mol. The summed E-state index contributed by atoms with van der Waals surface area (Å²) in [5, 5.41) is 10.6. The molecular weight excluding hydrogens is 192 g/mol. The molecule has 0 aliphatic rings. The van der Waals surface area contributed by atoms with E-state index in [1.807, 2.05) is 0 Å². The van der Waals surface area contributed by atoms with Gasteiger partial charge in [-0.05, 0) is 38.1 Å². The highest BCUT2D eigenvalue weighted by atomic mass is 16.4. The molecule has 0 radical (unpaired) electrons. The minimum absolute atomic E-state index is 0.501. The average Bonchev–Trinajstić information content (AvgIpc) is 2.59. The topological polar surface area (TPSA) is 50.4 Å². The van der Waals surface area contributed by atoms with Crippen LogP contribution in [0, 0.1) is 0 Å². The number of carbonyl (C=O) groups is 1. The molecule has 0 aliphatic heterocycles. The first kappa shape index (κ1) is 9.93. The summed E-state index contributed by atoms with van der Waals surface area (Å²) in [5.41, 5.74) is 0.281. The Morgan fingerprint density at radius 3 is 2.67 bits per heavy atom. The van der Waals surface area contributed by atoms with Crippen LogP contribution in [0.5, 0.6) is 0 Å². The first-order chi connectivity index (χ1) is 7.00. The Kier molecular flexibility index (Phi) is 2.12. The van der Waals surface area contributed by atoms with Gasteiger partial charge in [-0.2, -0.15) is 0 Å². The molecule has 1 aromatic heterocycles. The predicted octanol–water partition coefficient (Wildman–Crippen LogP) is 2.47. The third-order valence-electron chi connectivity index (χ3n) is 2.28. The van der Waals surface area contributed by atoms with Crippen molar-refractivity contribution >= 4 is 17.3 Å². The van der Waals surface area contributed by atoms with E-state index in [0.29, 0.717) is 16.9 Å². The van der Waals surface area contributed by atoms with Crippen molar-refractivity contribution in [3.8, 4) is 0 Å². The van der Waals surface area contributed by atoms with Crippen molar-refractivity contribution in [2.75, 3.05) is 0 Å². The van der Waals surface area contributed by atoms with Gasteiger partial charge >= 0.3 is 0 Å². The molecule has 2 aromatic rings.